The van der Waals surface area contributed by atoms with Crippen LogP contribution in [0.3, 0.4) is 0 Å². The molecule has 6 heteroatoms. The molecule has 2 heterocycles. The standard InChI is InChI=1S/C11H10N2O4/c1-7-9(11(15)16)4-8(17-7)5-13-6-12-3-2-10(13)14/h2-4,6H,5H2,1H3,(H,15,16). The molecular weight excluding hydrogens is 224 g/mol. The molecule has 2 aromatic rings. The average molecular weight is 234 g/mol. The SMILES string of the molecule is Cc1oc(Cn2cnccc2=O)cc1C(=O)O. The summed E-state index contributed by atoms with van der Waals surface area (Å²) < 4.78 is 6.60. The zero-order chi connectivity index (χ0) is 12.4. The highest BCUT2D eigenvalue weighted by atomic mass is 16.4. The Morgan fingerprint density at radius 1 is 1.59 bits per heavy atom. The predicted octanol–water partition coefficient (Wildman–Crippen LogP) is 0.891. The van der Waals surface area contributed by atoms with Gasteiger partial charge in [-0.15, -0.1) is 0 Å². The Morgan fingerprint density at radius 2 is 2.35 bits per heavy atom. The van der Waals surface area contributed by atoms with Crippen LogP contribution in [0.1, 0.15) is 21.9 Å². The maximum Gasteiger partial charge on any atom is 0.339 e. The number of carbonyl (C=O) groups is 1. The van der Waals surface area contributed by atoms with Crippen LogP contribution in [0, 0.1) is 6.92 Å². The van der Waals surface area contributed by atoms with Crippen molar-refractivity contribution in [2.24, 2.45) is 0 Å². The minimum atomic E-state index is -1.05. The van der Waals surface area contributed by atoms with Crippen molar-refractivity contribution in [2.45, 2.75) is 13.5 Å². The third-order valence-electron chi connectivity index (χ3n) is 2.32. The second-order valence-electron chi connectivity index (χ2n) is 3.53. The summed E-state index contributed by atoms with van der Waals surface area (Å²) in [5.74, 6) is -0.310. The van der Waals surface area contributed by atoms with Crippen LogP contribution < -0.4 is 5.56 Å². The van der Waals surface area contributed by atoms with Gasteiger partial charge >= 0.3 is 5.97 Å². The molecule has 0 aliphatic heterocycles. The van der Waals surface area contributed by atoms with Crippen molar-refractivity contribution in [3.63, 3.8) is 0 Å². The fourth-order valence-corrected chi connectivity index (χ4v) is 1.50. The van der Waals surface area contributed by atoms with E-state index in [9.17, 15) is 9.59 Å². The summed E-state index contributed by atoms with van der Waals surface area (Å²) in [6, 6.07) is 2.74. The van der Waals surface area contributed by atoms with E-state index in [0.29, 0.717) is 11.5 Å². The first-order valence-electron chi connectivity index (χ1n) is 4.91. The largest absolute Gasteiger partial charge is 0.478 e. The van der Waals surface area contributed by atoms with Crippen LogP contribution in [-0.4, -0.2) is 20.6 Å². The quantitative estimate of drug-likeness (QED) is 0.852. The van der Waals surface area contributed by atoms with Crippen molar-refractivity contribution >= 4 is 5.97 Å². The zero-order valence-corrected chi connectivity index (χ0v) is 9.08. The number of aromatic nitrogens is 2. The molecule has 0 amide bonds. The Labute approximate surface area is 96.1 Å². The second kappa shape index (κ2) is 4.25. The van der Waals surface area contributed by atoms with Gasteiger partial charge in [0.05, 0.1) is 12.9 Å². The minimum Gasteiger partial charge on any atom is -0.478 e. The number of furan rings is 1. The van der Waals surface area contributed by atoms with E-state index in [0.717, 1.165) is 0 Å². The lowest BCUT2D eigenvalue weighted by molar-refractivity contribution is 0.0695. The molecule has 0 spiro atoms. The summed E-state index contributed by atoms with van der Waals surface area (Å²) in [6.07, 6.45) is 2.77. The number of rotatable bonds is 3. The summed E-state index contributed by atoms with van der Waals surface area (Å²) in [5.41, 5.74) is -0.108. The Hall–Kier alpha value is -2.37. The van der Waals surface area contributed by atoms with Crippen LogP contribution in [0.2, 0.25) is 0 Å². The van der Waals surface area contributed by atoms with Crippen LogP contribution in [-0.2, 0) is 6.54 Å². The molecule has 0 aliphatic carbocycles. The van der Waals surface area contributed by atoms with Crippen LogP contribution in [0.5, 0.6) is 0 Å². The second-order valence-corrected chi connectivity index (χ2v) is 3.53. The maximum absolute atomic E-state index is 11.4. The number of carboxylic acid groups (broad SMARTS) is 1. The Kier molecular flexibility index (Phi) is 2.78. The minimum absolute atomic E-state index is 0.108. The number of aromatic carboxylic acids is 1. The first kappa shape index (κ1) is 11.1. The van der Waals surface area contributed by atoms with Crippen molar-refractivity contribution < 1.29 is 14.3 Å². The Balaban J connectivity index is 2.32. The van der Waals surface area contributed by atoms with Crippen LogP contribution in [0.15, 0.2) is 33.9 Å². The van der Waals surface area contributed by atoms with E-state index in [2.05, 4.69) is 4.98 Å². The zero-order valence-electron chi connectivity index (χ0n) is 9.08. The highest BCUT2D eigenvalue weighted by molar-refractivity contribution is 5.88. The van der Waals surface area contributed by atoms with Crippen LogP contribution >= 0.6 is 0 Å². The summed E-state index contributed by atoms with van der Waals surface area (Å²) in [4.78, 5) is 26.0. The third-order valence-corrected chi connectivity index (χ3v) is 2.32. The molecule has 0 unspecified atom stereocenters. The topological polar surface area (TPSA) is 85.3 Å². The van der Waals surface area contributed by atoms with Crippen molar-refractivity contribution in [3.05, 3.63) is 52.1 Å². The van der Waals surface area contributed by atoms with E-state index in [1.165, 1.54) is 29.2 Å². The van der Waals surface area contributed by atoms with Gasteiger partial charge in [0.2, 0.25) is 0 Å². The summed E-state index contributed by atoms with van der Waals surface area (Å²) in [7, 11) is 0. The van der Waals surface area contributed by atoms with Gasteiger partial charge in [0, 0.05) is 12.3 Å². The van der Waals surface area contributed by atoms with E-state index >= 15 is 0 Å². The van der Waals surface area contributed by atoms with Crippen molar-refractivity contribution in [3.8, 4) is 0 Å². The fraction of sp³-hybridized carbons (Fsp3) is 0.182. The van der Waals surface area contributed by atoms with Crippen molar-refractivity contribution in [1.82, 2.24) is 9.55 Å². The molecule has 0 saturated heterocycles. The summed E-state index contributed by atoms with van der Waals surface area (Å²) in [5, 5.41) is 8.86. The van der Waals surface area contributed by atoms with Gasteiger partial charge in [-0.05, 0) is 13.0 Å². The van der Waals surface area contributed by atoms with Gasteiger partial charge in [-0.3, -0.25) is 9.36 Å². The van der Waals surface area contributed by atoms with Gasteiger partial charge in [0.15, 0.2) is 0 Å². The van der Waals surface area contributed by atoms with Crippen LogP contribution in [0.4, 0.5) is 0 Å². The molecule has 0 aliphatic rings. The average Bonchev–Trinajstić information content (AvgIpc) is 2.63. The molecule has 0 fully saturated rings. The molecule has 0 saturated carbocycles. The molecule has 17 heavy (non-hydrogen) atoms. The Morgan fingerprint density at radius 3 is 2.94 bits per heavy atom. The van der Waals surface area contributed by atoms with Gasteiger partial charge in [-0.1, -0.05) is 0 Å². The molecule has 2 aromatic heterocycles. The normalized spacial score (nSPS) is 10.4. The van der Waals surface area contributed by atoms with Crippen molar-refractivity contribution in [1.29, 1.82) is 0 Å². The number of hydrogen-bond acceptors (Lipinski definition) is 4. The number of hydrogen-bond donors (Lipinski definition) is 1. The first-order valence-corrected chi connectivity index (χ1v) is 4.91. The van der Waals surface area contributed by atoms with E-state index in [-0.39, 0.29) is 17.7 Å². The first-order chi connectivity index (χ1) is 8.08. The molecule has 1 N–H and O–H groups in total. The van der Waals surface area contributed by atoms with E-state index in [1.807, 2.05) is 0 Å². The van der Waals surface area contributed by atoms with Gasteiger partial charge in [-0.2, -0.15) is 0 Å². The molecule has 2 rings (SSSR count). The number of aryl methyl sites for hydroxylation is 1. The third kappa shape index (κ3) is 2.25. The molecule has 0 atom stereocenters. The van der Waals surface area contributed by atoms with Crippen molar-refractivity contribution in [2.75, 3.05) is 0 Å². The maximum atomic E-state index is 11.4. The van der Waals surface area contributed by atoms with Gasteiger partial charge < -0.3 is 9.52 Å². The Bertz CT molecular complexity index is 612. The lowest BCUT2D eigenvalue weighted by Gasteiger charge is -2.00. The monoisotopic (exact) mass is 234 g/mol. The highest BCUT2D eigenvalue weighted by Crippen LogP contribution is 2.14. The lowest BCUT2D eigenvalue weighted by Crippen LogP contribution is -2.18. The van der Waals surface area contributed by atoms with E-state index < -0.39 is 5.97 Å². The molecule has 0 radical (unpaired) electrons. The van der Waals surface area contributed by atoms with E-state index in [1.54, 1.807) is 6.92 Å². The van der Waals surface area contributed by atoms with Crippen LogP contribution in [0.25, 0.3) is 0 Å². The lowest BCUT2D eigenvalue weighted by atomic mass is 10.2. The van der Waals surface area contributed by atoms with E-state index in [4.69, 9.17) is 9.52 Å². The predicted molar refractivity (Wildman–Crippen MR) is 58.0 cm³/mol. The number of nitrogens with zero attached hydrogens (tertiary/aromatic N) is 2. The molecule has 0 aromatic carbocycles. The summed E-state index contributed by atoms with van der Waals surface area (Å²) in [6.45, 7) is 1.74. The summed E-state index contributed by atoms with van der Waals surface area (Å²) >= 11 is 0. The number of carboxylic acids is 1. The molecular formula is C11H10N2O4. The molecule has 88 valence electrons. The van der Waals surface area contributed by atoms with Gasteiger partial charge in [0.25, 0.3) is 5.56 Å². The molecule has 0 bridgehead atoms. The smallest absolute Gasteiger partial charge is 0.339 e. The fourth-order valence-electron chi connectivity index (χ4n) is 1.50. The van der Waals surface area contributed by atoms with Gasteiger partial charge in [0.1, 0.15) is 17.1 Å². The highest BCUT2D eigenvalue weighted by Gasteiger charge is 2.13. The molecule has 6 nitrogen and oxygen atoms in total. The van der Waals surface area contributed by atoms with Gasteiger partial charge in [-0.25, -0.2) is 9.78 Å².